The van der Waals surface area contributed by atoms with Gasteiger partial charge in [-0.2, -0.15) is 0 Å². The highest BCUT2D eigenvalue weighted by molar-refractivity contribution is 5.89. The largest absolute Gasteiger partial charge is 0.493 e. The van der Waals surface area contributed by atoms with E-state index in [0.717, 1.165) is 24.0 Å². The molecule has 1 atom stereocenters. The highest BCUT2D eigenvalue weighted by atomic mass is 16.5. The fourth-order valence-electron chi connectivity index (χ4n) is 4.64. The summed E-state index contributed by atoms with van der Waals surface area (Å²) in [5, 5.41) is 0. The Labute approximate surface area is 219 Å². The van der Waals surface area contributed by atoms with E-state index in [4.69, 9.17) is 13.9 Å². The van der Waals surface area contributed by atoms with Gasteiger partial charge in [-0.05, 0) is 61.1 Å². The number of rotatable bonds is 13. The molecular weight excluding hydrogens is 468 g/mol. The highest BCUT2D eigenvalue weighted by Gasteiger charge is 2.37. The molecule has 0 saturated heterocycles. The second kappa shape index (κ2) is 12.5. The smallest absolute Gasteiger partial charge is 0.242 e. The van der Waals surface area contributed by atoms with E-state index in [0.29, 0.717) is 43.2 Å². The normalized spacial score (nSPS) is 13.6. The van der Waals surface area contributed by atoms with Crippen molar-refractivity contribution < 1.29 is 23.5 Å². The van der Waals surface area contributed by atoms with Crippen molar-refractivity contribution in [2.75, 3.05) is 27.3 Å². The molecule has 1 aromatic heterocycles. The second-order valence-corrected chi connectivity index (χ2v) is 9.40. The Bertz CT molecular complexity index is 1160. The van der Waals surface area contributed by atoms with Gasteiger partial charge in [-0.1, -0.05) is 43.3 Å². The Balaban J connectivity index is 1.49. The van der Waals surface area contributed by atoms with Gasteiger partial charge < -0.3 is 23.7 Å². The van der Waals surface area contributed by atoms with Gasteiger partial charge in [-0.3, -0.25) is 9.59 Å². The number of benzene rings is 2. The molecule has 0 spiro atoms. The summed E-state index contributed by atoms with van der Waals surface area (Å²) in [5.41, 5.74) is 2.02. The van der Waals surface area contributed by atoms with Crippen molar-refractivity contribution in [3.63, 3.8) is 0 Å². The fourth-order valence-corrected chi connectivity index (χ4v) is 4.64. The predicted molar refractivity (Wildman–Crippen MR) is 142 cm³/mol. The van der Waals surface area contributed by atoms with Crippen molar-refractivity contribution in [1.82, 2.24) is 9.80 Å². The maximum Gasteiger partial charge on any atom is 0.242 e. The molecule has 1 aliphatic rings. The standard InChI is InChI=1S/C30H36N2O5/c1-4-26(23-9-6-5-7-10-23)30(34)32(24-13-14-24)21-29(33)31(20-25-11-8-18-37-25)17-16-22-12-15-27(35-2)28(19-22)36-3/h5-12,15,18-19,24,26H,4,13-14,16-17,20-21H2,1-3H3. The SMILES string of the molecule is CCC(C(=O)N(CC(=O)N(CCc1ccc(OC)c(OC)c1)Cc1ccco1)C1CC1)c1ccccc1. The number of amides is 2. The van der Waals surface area contributed by atoms with E-state index in [-0.39, 0.29) is 30.3 Å². The molecule has 7 nitrogen and oxygen atoms in total. The van der Waals surface area contributed by atoms with Crippen molar-refractivity contribution in [3.8, 4) is 11.5 Å². The van der Waals surface area contributed by atoms with Crippen LogP contribution in [0.3, 0.4) is 0 Å². The van der Waals surface area contributed by atoms with Gasteiger partial charge in [0.05, 0.1) is 32.9 Å². The van der Waals surface area contributed by atoms with Crippen LogP contribution in [0.25, 0.3) is 0 Å². The van der Waals surface area contributed by atoms with Crippen LogP contribution in [-0.2, 0) is 22.6 Å². The third kappa shape index (κ3) is 6.73. The first-order valence-corrected chi connectivity index (χ1v) is 12.9. The van der Waals surface area contributed by atoms with Gasteiger partial charge in [0.1, 0.15) is 12.3 Å². The molecule has 0 N–H and O–H groups in total. The van der Waals surface area contributed by atoms with Gasteiger partial charge in [0.2, 0.25) is 11.8 Å². The third-order valence-corrected chi connectivity index (χ3v) is 6.88. The minimum atomic E-state index is -0.250. The molecule has 1 aliphatic carbocycles. The van der Waals surface area contributed by atoms with Gasteiger partial charge in [-0.15, -0.1) is 0 Å². The first-order chi connectivity index (χ1) is 18.0. The molecule has 1 saturated carbocycles. The lowest BCUT2D eigenvalue weighted by Crippen LogP contribution is -2.45. The zero-order chi connectivity index (χ0) is 26.2. The lowest BCUT2D eigenvalue weighted by Gasteiger charge is -2.30. The predicted octanol–water partition coefficient (Wildman–Crippen LogP) is 5.05. The average molecular weight is 505 g/mol. The molecular formula is C30H36N2O5. The number of ether oxygens (including phenoxy) is 2. The monoisotopic (exact) mass is 504 g/mol. The molecule has 2 aromatic carbocycles. The molecule has 1 fully saturated rings. The van der Waals surface area contributed by atoms with Crippen LogP contribution >= 0.6 is 0 Å². The molecule has 7 heteroatoms. The van der Waals surface area contributed by atoms with Crippen LogP contribution in [0, 0.1) is 0 Å². The van der Waals surface area contributed by atoms with Gasteiger partial charge in [-0.25, -0.2) is 0 Å². The van der Waals surface area contributed by atoms with E-state index in [1.807, 2.05) is 67.6 Å². The molecule has 0 radical (unpaired) electrons. The number of carbonyl (C=O) groups is 2. The Morgan fingerprint density at radius 3 is 2.38 bits per heavy atom. The van der Waals surface area contributed by atoms with Crippen LogP contribution < -0.4 is 9.47 Å². The molecule has 1 heterocycles. The first kappa shape index (κ1) is 26.3. The summed E-state index contributed by atoms with van der Waals surface area (Å²) in [6.07, 6.45) is 4.81. The van der Waals surface area contributed by atoms with Crippen molar-refractivity contribution in [3.05, 3.63) is 83.8 Å². The fraction of sp³-hybridized carbons (Fsp3) is 0.400. The molecule has 37 heavy (non-hydrogen) atoms. The third-order valence-electron chi connectivity index (χ3n) is 6.88. The number of carbonyl (C=O) groups excluding carboxylic acids is 2. The van der Waals surface area contributed by atoms with Crippen LogP contribution in [-0.4, -0.2) is 55.0 Å². The summed E-state index contributed by atoms with van der Waals surface area (Å²) in [7, 11) is 3.21. The molecule has 0 bridgehead atoms. The zero-order valence-electron chi connectivity index (χ0n) is 21.9. The molecule has 3 aromatic rings. The van der Waals surface area contributed by atoms with Crippen LogP contribution in [0.5, 0.6) is 11.5 Å². The van der Waals surface area contributed by atoms with E-state index in [1.54, 1.807) is 30.3 Å². The molecule has 2 amide bonds. The van der Waals surface area contributed by atoms with Crippen molar-refractivity contribution in [2.24, 2.45) is 0 Å². The van der Waals surface area contributed by atoms with Gasteiger partial charge >= 0.3 is 0 Å². The number of furan rings is 1. The Hall–Kier alpha value is -3.74. The Kier molecular flexibility index (Phi) is 8.88. The number of methoxy groups -OCH3 is 2. The minimum Gasteiger partial charge on any atom is -0.493 e. The maximum absolute atomic E-state index is 13.7. The Morgan fingerprint density at radius 2 is 1.76 bits per heavy atom. The van der Waals surface area contributed by atoms with Crippen molar-refractivity contribution >= 4 is 11.8 Å². The second-order valence-electron chi connectivity index (χ2n) is 9.40. The summed E-state index contributed by atoms with van der Waals surface area (Å²) >= 11 is 0. The topological polar surface area (TPSA) is 72.2 Å². The molecule has 196 valence electrons. The highest BCUT2D eigenvalue weighted by Crippen LogP contribution is 2.32. The van der Waals surface area contributed by atoms with Gasteiger partial charge in [0.25, 0.3) is 0 Å². The van der Waals surface area contributed by atoms with Crippen molar-refractivity contribution in [2.45, 2.75) is 51.1 Å². The quantitative estimate of drug-likeness (QED) is 0.326. The summed E-state index contributed by atoms with van der Waals surface area (Å²) in [6, 6.07) is 19.4. The van der Waals surface area contributed by atoms with Crippen molar-refractivity contribution in [1.29, 1.82) is 0 Å². The van der Waals surface area contributed by atoms with Gasteiger partial charge in [0.15, 0.2) is 11.5 Å². The minimum absolute atomic E-state index is 0.0300. The summed E-state index contributed by atoms with van der Waals surface area (Å²) < 4.78 is 16.3. The van der Waals surface area contributed by atoms with Crippen LogP contribution in [0.15, 0.2) is 71.3 Å². The molecule has 4 rings (SSSR count). The maximum atomic E-state index is 13.7. The zero-order valence-corrected chi connectivity index (χ0v) is 21.9. The van der Waals surface area contributed by atoms with E-state index < -0.39 is 0 Å². The number of hydrogen-bond acceptors (Lipinski definition) is 5. The van der Waals surface area contributed by atoms with Gasteiger partial charge in [0, 0.05) is 12.6 Å². The molecule has 0 aliphatic heterocycles. The molecule has 1 unspecified atom stereocenters. The van der Waals surface area contributed by atoms with Crippen LogP contribution in [0.1, 0.15) is 49.0 Å². The number of hydrogen-bond donors (Lipinski definition) is 0. The van der Waals surface area contributed by atoms with Crippen LogP contribution in [0.4, 0.5) is 0 Å². The Morgan fingerprint density at radius 1 is 1.00 bits per heavy atom. The van der Waals surface area contributed by atoms with E-state index in [9.17, 15) is 9.59 Å². The van der Waals surface area contributed by atoms with E-state index in [2.05, 4.69) is 0 Å². The average Bonchev–Trinajstić information content (AvgIpc) is 3.64. The van der Waals surface area contributed by atoms with E-state index in [1.165, 1.54) is 0 Å². The van der Waals surface area contributed by atoms with Crippen LogP contribution in [0.2, 0.25) is 0 Å². The summed E-state index contributed by atoms with van der Waals surface area (Å²) in [6.45, 7) is 2.92. The van der Waals surface area contributed by atoms with E-state index >= 15 is 0 Å². The lowest BCUT2D eigenvalue weighted by atomic mass is 9.95. The lowest BCUT2D eigenvalue weighted by molar-refractivity contribution is -0.142. The summed E-state index contributed by atoms with van der Waals surface area (Å²) in [5.74, 6) is 1.72. The number of nitrogens with zero attached hydrogens (tertiary/aromatic N) is 2. The summed E-state index contributed by atoms with van der Waals surface area (Å²) in [4.78, 5) is 30.9. The first-order valence-electron chi connectivity index (χ1n) is 12.9.